The second kappa shape index (κ2) is 6.04. The van der Waals surface area contributed by atoms with Gasteiger partial charge in [-0.05, 0) is 46.1 Å². The fourth-order valence-corrected chi connectivity index (χ4v) is 2.44. The normalized spacial score (nSPS) is 19.6. The Balaban J connectivity index is 2.14. The Morgan fingerprint density at radius 2 is 2.21 bits per heavy atom. The quantitative estimate of drug-likeness (QED) is 0.841. The van der Waals surface area contributed by atoms with Crippen molar-refractivity contribution in [2.75, 3.05) is 6.54 Å². The molecule has 2 rings (SSSR count). The molecular formula is C15H22N2O2. The zero-order valence-corrected chi connectivity index (χ0v) is 11.9. The van der Waals surface area contributed by atoms with Gasteiger partial charge in [0.2, 0.25) is 0 Å². The molecule has 0 saturated carbocycles. The maximum atomic E-state index is 12.5. The average molecular weight is 262 g/mol. The van der Waals surface area contributed by atoms with Crippen LogP contribution in [0.25, 0.3) is 0 Å². The second-order valence-electron chi connectivity index (χ2n) is 5.42. The van der Waals surface area contributed by atoms with Gasteiger partial charge in [-0.2, -0.15) is 0 Å². The van der Waals surface area contributed by atoms with Crippen molar-refractivity contribution >= 4 is 5.91 Å². The van der Waals surface area contributed by atoms with Gasteiger partial charge in [0.05, 0.1) is 17.9 Å². The number of amides is 1. The first-order chi connectivity index (χ1) is 9.08. The first-order valence-electron chi connectivity index (χ1n) is 7.00. The number of rotatable bonds is 3. The lowest BCUT2D eigenvalue weighted by Gasteiger charge is -2.33. The number of likely N-dealkylation sites (tertiary alicyclic amines) is 1. The smallest absolute Gasteiger partial charge is 0.255 e. The van der Waals surface area contributed by atoms with Crippen LogP contribution in [0.3, 0.4) is 0 Å². The molecule has 0 radical (unpaired) electrons. The van der Waals surface area contributed by atoms with Crippen molar-refractivity contribution in [2.45, 2.75) is 52.2 Å². The standard InChI is InChI=1S/C15H22N2O2/c1-11(2)19-14-8-13(9-16-10-14)15(18)17-7-5-4-6-12(17)3/h8-12H,4-7H2,1-3H3. The Morgan fingerprint density at radius 1 is 1.42 bits per heavy atom. The summed E-state index contributed by atoms with van der Waals surface area (Å²) in [4.78, 5) is 18.5. The first kappa shape index (κ1) is 13.8. The van der Waals surface area contributed by atoms with Crippen molar-refractivity contribution in [3.8, 4) is 5.75 Å². The van der Waals surface area contributed by atoms with Gasteiger partial charge in [0, 0.05) is 18.8 Å². The summed E-state index contributed by atoms with van der Waals surface area (Å²) >= 11 is 0. The molecule has 4 heteroatoms. The SMILES string of the molecule is CC(C)Oc1cncc(C(=O)N2CCCCC2C)c1. The molecular weight excluding hydrogens is 240 g/mol. The van der Waals surface area contributed by atoms with E-state index in [0.717, 1.165) is 19.4 Å². The molecule has 0 aliphatic carbocycles. The van der Waals surface area contributed by atoms with Crippen molar-refractivity contribution in [3.63, 3.8) is 0 Å². The fourth-order valence-electron chi connectivity index (χ4n) is 2.44. The predicted molar refractivity (Wildman–Crippen MR) is 74.4 cm³/mol. The highest BCUT2D eigenvalue weighted by atomic mass is 16.5. The number of carbonyl (C=O) groups is 1. The Bertz CT molecular complexity index is 446. The molecule has 0 aromatic carbocycles. The van der Waals surface area contributed by atoms with Gasteiger partial charge < -0.3 is 9.64 Å². The van der Waals surface area contributed by atoms with E-state index < -0.39 is 0 Å². The maximum absolute atomic E-state index is 12.5. The average Bonchev–Trinajstić information content (AvgIpc) is 2.38. The van der Waals surface area contributed by atoms with E-state index in [4.69, 9.17) is 4.74 Å². The molecule has 1 amide bonds. The van der Waals surface area contributed by atoms with Crippen LogP contribution in [0.2, 0.25) is 0 Å². The van der Waals surface area contributed by atoms with Gasteiger partial charge in [0.25, 0.3) is 5.91 Å². The number of aromatic nitrogens is 1. The number of hydrogen-bond acceptors (Lipinski definition) is 3. The molecule has 1 saturated heterocycles. The molecule has 1 aliphatic heterocycles. The van der Waals surface area contributed by atoms with Gasteiger partial charge in [-0.25, -0.2) is 0 Å². The number of pyridine rings is 1. The monoisotopic (exact) mass is 262 g/mol. The molecule has 1 aromatic rings. The summed E-state index contributed by atoms with van der Waals surface area (Å²) in [6, 6.07) is 2.10. The summed E-state index contributed by atoms with van der Waals surface area (Å²) < 4.78 is 5.59. The molecule has 1 atom stereocenters. The highest BCUT2D eigenvalue weighted by molar-refractivity contribution is 5.94. The van der Waals surface area contributed by atoms with Crippen LogP contribution < -0.4 is 4.74 Å². The van der Waals surface area contributed by atoms with E-state index in [1.165, 1.54) is 6.42 Å². The van der Waals surface area contributed by atoms with E-state index in [1.807, 2.05) is 18.7 Å². The van der Waals surface area contributed by atoms with E-state index in [-0.39, 0.29) is 12.0 Å². The number of hydrogen-bond donors (Lipinski definition) is 0. The van der Waals surface area contributed by atoms with Gasteiger partial charge in [0.1, 0.15) is 5.75 Å². The highest BCUT2D eigenvalue weighted by Gasteiger charge is 2.24. The van der Waals surface area contributed by atoms with E-state index in [1.54, 1.807) is 18.5 Å². The van der Waals surface area contributed by atoms with Crippen LogP contribution in [0.15, 0.2) is 18.5 Å². The zero-order chi connectivity index (χ0) is 13.8. The lowest BCUT2D eigenvalue weighted by Crippen LogP contribution is -2.42. The molecule has 0 N–H and O–H groups in total. The third-order valence-corrected chi connectivity index (χ3v) is 3.40. The number of nitrogens with zero attached hydrogens (tertiary/aromatic N) is 2. The molecule has 2 heterocycles. The van der Waals surface area contributed by atoms with E-state index >= 15 is 0 Å². The van der Waals surface area contributed by atoms with Crippen LogP contribution in [0.1, 0.15) is 50.4 Å². The molecule has 19 heavy (non-hydrogen) atoms. The van der Waals surface area contributed by atoms with Crippen LogP contribution in [-0.2, 0) is 0 Å². The summed E-state index contributed by atoms with van der Waals surface area (Å²) in [5, 5.41) is 0. The molecule has 1 aliphatic rings. The van der Waals surface area contributed by atoms with Crippen LogP contribution in [0.4, 0.5) is 0 Å². The maximum Gasteiger partial charge on any atom is 0.255 e. The van der Waals surface area contributed by atoms with Crippen LogP contribution >= 0.6 is 0 Å². The molecule has 104 valence electrons. The third-order valence-electron chi connectivity index (χ3n) is 3.40. The van der Waals surface area contributed by atoms with Crippen molar-refractivity contribution in [1.29, 1.82) is 0 Å². The summed E-state index contributed by atoms with van der Waals surface area (Å²) in [6.45, 7) is 6.87. The van der Waals surface area contributed by atoms with Gasteiger partial charge in [-0.1, -0.05) is 0 Å². The van der Waals surface area contributed by atoms with Gasteiger partial charge in [0.15, 0.2) is 0 Å². The lowest BCUT2D eigenvalue weighted by molar-refractivity contribution is 0.0634. The third kappa shape index (κ3) is 3.46. The summed E-state index contributed by atoms with van der Waals surface area (Å²) in [7, 11) is 0. The molecule has 1 aromatic heterocycles. The zero-order valence-electron chi connectivity index (χ0n) is 11.9. The Morgan fingerprint density at radius 3 is 2.89 bits per heavy atom. The number of carbonyl (C=O) groups excluding carboxylic acids is 1. The van der Waals surface area contributed by atoms with Crippen LogP contribution in [0, 0.1) is 0 Å². The molecule has 4 nitrogen and oxygen atoms in total. The first-order valence-corrected chi connectivity index (χ1v) is 7.00. The fraction of sp³-hybridized carbons (Fsp3) is 0.600. The molecule has 0 bridgehead atoms. The number of piperidine rings is 1. The largest absolute Gasteiger partial charge is 0.489 e. The highest BCUT2D eigenvalue weighted by Crippen LogP contribution is 2.21. The summed E-state index contributed by atoms with van der Waals surface area (Å²) in [6.07, 6.45) is 6.74. The van der Waals surface area contributed by atoms with Gasteiger partial charge in [-0.3, -0.25) is 9.78 Å². The molecule has 0 spiro atoms. The summed E-state index contributed by atoms with van der Waals surface area (Å²) in [5.41, 5.74) is 0.618. The van der Waals surface area contributed by atoms with Crippen LogP contribution in [0.5, 0.6) is 5.75 Å². The van der Waals surface area contributed by atoms with Crippen LogP contribution in [-0.4, -0.2) is 34.5 Å². The Hall–Kier alpha value is -1.58. The van der Waals surface area contributed by atoms with Crippen molar-refractivity contribution in [1.82, 2.24) is 9.88 Å². The van der Waals surface area contributed by atoms with E-state index in [9.17, 15) is 4.79 Å². The Labute approximate surface area is 114 Å². The minimum absolute atomic E-state index is 0.0638. The van der Waals surface area contributed by atoms with Gasteiger partial charge in [-0.15, -0.1) is 0 Å². The topological polar surface area (TPSA) is 42.4 Å². The summed E-state index contributed by atoms with van der Waals surface area (Å²) in [5.74, 6) is 0.722. The van der Waals surface area contributed by atoms with E-state index in [0.29, 0.717) is 17.4 Å². The number of ether oxygens (including phenoxy) is 1. The van der Waals surface area contributed by atoms with Crippen molar-refractivity contribution in [2.24, 2.45) is 0 Å². The lowest BCUT2D eigenvalue weighted by atomic mass is 10.0. The van der Waals surface area contributed by atoms with Crippen molar-refractivity contribution < 1.29 is 9.53 Å². The van der Waals surface area contributed by atoms with Gasteiger partial charge >= 0.3 is 0 Å². The Kier molecular flexibility index (Phi) is 4.40. The second-order valence-corrected chi connectivity index (χ2v) is 5.42. The van der Waals surface area contributed by atoms with E-state index in [2.05, 4.69) is 11.9 Å². The predicted octanol–water partition coefficient (Wildman–Crippen LogP) is 2.88. The minimum atomic E-state index is 0.0638. The molecule has 1 unspecified atom stereocenters. The molecule has 1 fully saturated rings. The minimum Gasteiger partial charge on any atom is -0.489 e. The van der Waals surface area contributed by atoms with Crippen molar-refractivity contribution in [3.05, 3.63) is 24.0 Å².